The van der Waals surface area contributed by atoms with Gasteiger partial charge in [-0.15, -0.1) is 0 Å². The highest BCUT2D eigenvalue weighted by Crippen LogP contribution is 2.16. The van der Waals surface area contributed by atoms with Gasteiger partial charge in [0.05, 0.1) is 5.56 Å². The predicted octanol–water partition coefficient (Wildman–Crippen LogP) is 3.66. The average molecular weight is 347 g/mol. The Bertz CT molecular complexity index is 933. The van der Waals surface area contributed by atoms with Gasteiger partial charge < -0.3 is 10.1 Å². The van der Waals surface area contributed by atoms with E-state index in [4.69, 9.17) is 4.74 Å². The van der Waals surface area contributed by atoms with E-state index in [1.54, 1.807) is 12.1 Å². The van der Waals surface area contributed by atoms with Crippen molar-refractivity contribution in [1.82, 2.24) is 5.32 Å². The summed E-state index contributed by atoms with van der Waals surface area (Å²) in [7, 11) is 0. The van der Waals surface area contributed by atoms with E-state index >= 15 is 0 Å². The highest BCUT2D eigenvalue weighted by atomic mass is 16.5. The zero-order valence-corrected chi connectivity index (χ0v) is 14.7. The highest BCUT2D eigenvalue weighted by Gasteiger charge is 2.10. The molecule has 0 aliphatic heterocycles. The molecular weight excluding hydrogens is 326 g/mol. The molecule has 132 valence electrons. The molecule has 0 fully saturated rings. The van der Waals surface area contributed by atoms with E-state index < -0.39 is 5.97 Å². The Labute approximate surface area is 152 Å². The van der Waals surface area contributed by atoms with Gasteiger partial charge in [-0.1, -0.05) is 54.6 Å². The van der Waals surface area contributed by atoms with Gasteiger partial charge >= 0.3 is 5.97 Å². The quantitative estimate of drug-likeness (QED) is 0.692. The lowest BCUT2D eigenvalue weighted by molar-refractivity contribution is -0.124. The van der Waals surface area contributed by atoms with Crippen LogP contribution >= 0.6 is 0 Å². The first-order valence-corrected chi connectivity index (χ1v) is 8.60. The molecular formula is C22H21NO3. The predicted molar refractivity (Wildman–Crippen MR) is 102 cm³/mol. The Morgan fingerprint density at radius 2 is 1.65 bits per heavy atom. The van der Waals surface area contributed by atoms with Gasteiger partial charge in [0.15, 0.2) is 6.61 Å². The molecule has 26 heavy (non-hydrogen) atoms. The third-order valence-electron chi connectivity index (χ3n) is 4.30. The maximum Gasteiger partial charge on any atom is 0.338 e. The summed E-state index contributed by atoms with van der Waals surface area (Å²) in [5.41, 5.74) is 2.84. The fraction of sp³-hybridized carbons (Fsp3) is 0.182. The SMILES string of the molecule is Cc1ccccc1CCNC(=O)COC(=O)c1ccc2ccccc2c1. The van der Waals surface area contributed by atoms with E-state index in [1.807, 2.05) is 61.5 Å². The van der Waals surface area contributed by atoms with E-state index in [9.17, 15) is 9.59 Å². The third kappa shape index (κ3) is 4.48. The van der Waals surface area contributed by atoms with Crippen LogP contribution in [0.3, 0.4) is 0 Å². The molecule has 1 N–H and O–H groups in total. The van der Waals surface area contributed by atoms with Crippen LogP contribution in [0.15, 0.2) is 66.7 Å². The number of benzene rings is 3. The van der Waals surface area contributed by atoms with Crippen molar-refractivity contribution in [3.8, 4) is 0 Å². The van der Waals surface area contributed by atoms with Crippen LogP contribution in [0.5, 0.6) is 0 Å². The molecule has 0 saturated heterocycles. The van der Waals surface area contributed by atoms with Gasteiger partial charge in [0.1, 0.15) is 0 Å². The van der Waals surface area contributed by atoms with Gasteiger partial charge in [0.2, 0.25) is 0 Å². The number of nitrogens with one attached hydrogen (secondary N) is 1. The van der Waals surface area contributed by atoms with Crippen molar-refractivity contribution in [2.75, 3.05) is 13.2 Å². The second kappa shape index (κ2) is 8.30. The number of hydrogen-bond donors (Lipinski definition) is 1. The van der Waals surface area contributed by atoms with Crippen LogP contribution < -0.4 is 5.32 Å². The maximum absolute atomic E-state index is 12.1. The summed E-state index contributed by atoms with van der Waals surface area (Å²) in [6, 6.07) is 21.2. The van der Waals surface area contributed by atoms with E-state index in [0.717, 1.165) is 17.2 Å². The lowest BCUT2D eigenvalue weighted by atomic mass is 10.1. The fourth-order valence-electron chi connectivity index (χ4n) is 2.81. The molecule has 3 aromatic carbocycles. The number of fused-ring (bicyclic) bond motifs is 1. The molecule has 4 nitrogen and oxygen atoms in total. The van der Waals surface area contributed by atoms with Crippen molar-refractivity contribution in [2.24, 2.45) is 0 Å². The molecule has 0 aliphatic carbocycles. The minimum atomic E-state index is -0.496. The number of hydrogen-bond acceptors (Lipinski definition) is 3. The number of carbonyl (C=O) groups excluding carboxylic acids is 2. The van der Waals surface area contributed by atoms with Crippen molar-refractivity contribution < 1.29 is 14.3 Å². The summed E-state index contributed by atoms with van der Waals surface area (Å²) in [6.07, 6.45) is 0.747. The summed E-state index contributed by atoms with van der Waals surface area (Å²) < 4.78 is 5.11. The van der Waals surface area contributed by atoms with E-state index in [0.29, 0.717) is 12.1 Å². The molecule has 0 heterocycles. The van der Waals surface area contributed by atoms with Crippen LogP contribution in [0.25, 0.3) is 10.8 Å². The number of aryl methyl sites for hydroxylation is 1. The monoisotopic (exact) mass is 347 g/mol. The van der Waals surface area contributed by atoms with Crippen molar-refractivity contribution in [1.29, 1.82) is 0 Å². The molecule has 0 saturated carbocycles. The Morgan fingerprint density at radius 1 is 0.923 bits per heavy atom. The lowest BCUT2D eigenvalue weighted by Crippen LogP contribution is -2.30. The molecule has 0 unspecified atom stereocenters. The second-order valence-electron chi connectivity index (χ2n) is 6.16. The fourth-order valence-corrected chi connectivity index (χ4v) is 2.81. The van der Waals surface area contributed by atoms with E-state index in [1.165, 1.54) is 11.1 Å². The summed E-state index contributed by atoms with van der Waals surface area (Å²) >= 11 is 0. The summed E-state index contributed by atoms with van der Waals surface area (Å²) in [5.74, 6) is -0.794. The molecule has 0 spiro atoms. The normalized spacial score (nSPS) is 10.5. The molecule has 3 rings (SSSR count). The molecule has 0 atom stereocenters. The Hall–Kier alpha value is -3.14. The van der Waals surface area contributed by atoms with Crippen molar-refractivity contribution >= 4 is 22.6 Å². The topological polar surface area (TPSA) is 55.4 Å². The lowest BCUT2D eigenvalue weighted by Gasteiger charge is -2.08. The molecule has 4 heteroatoms. The number of ether oxygens (including phenoxy) is 1. The smallest absolute Gasteiger partial charge is 0.338 e. The van der Waals surface area contributed by atoms with Crippen LogP contribution in [0.2, 0.25) is 0 Å². The minimum Gasteiger partial charge on any atom is -0.452 e. The van der Waals surface area contributed by atoms with Gasteiger partial charge in [-0.2, -0.15) is 0 Å². The molecule has 0 bridgehead atoms. The zero-order valence-electron chi connectivity index (χ0n) is 14.7. The molecule has 1 amide bonds. The van der Waals surface area contributed by atoms with Crippen molar-refractivity contribution in [3.05, 3.63) is 83.4 Å². The van der Waals surface area contributed by atoms with Gasteiger partial charge in [-0.05, 0) is 47.4 Å². The number of rotatable bonds is 6. The van der Waals surface area contributed by atoms with Gasteiger partial charge in [0.25, 0.3) is 5.91 Å². The van der Waals surface area contributed by atoms with Crippen molar-refractivity contribution in [2.45, 2.75) is 13.3 Å². The average Bonchev–Trinajstić information content (AvgIpc) is 2.67. The first-order valence-electron chi connectivity index (χ1n) is 8.60. The largest absolute Gasteiger partial charge is 0.452 e. The standard InChI is InChI=1S/C22H21NO3/c1-16-6-2-3-7-17(16)12-13-23-21(24)15-26-22(25)20-11-10-18-8-4-5-9-19(18)14-20/h2-11,14H,12-13,15H2,1H3,(H,23,24). The first-order chi connectivity index (χ1) is 12.6. The maximum atomic E-state index is 12.1. The summed E-state index contributed by atoms with van der Waals surface area (Å²) in [6.45, 7) is 2.28. The number of amides is 1. The number of esters is 1. The molecule has 0 radical (unpaired) electrons. The summed E-state index contributed by atoms with van der Waals surface area (Å²) in [5, 5.41) is 4.79. The van der Waals surface area contributed by atoms with E-state index in [-0.39, 0.29) is 12.5 Å². The van der Waals surface area contributed by atoms with E-state index in [2.05, 4.69) is 5.32 Å². The molecule has 0 aliphatic rings. The van der Waals surface area contributed by atoms with Gasteiger partial charge in [-0.3, -0.25) is 4.79 Å². The van der Waals surface area contributed by atoms with Gasteiger partial charge in [0, 0.05) is 6.54 Å². The first kappa shape index (κ1) is 17.7. The van der Waals surface area contributed by atoms with Crippen LogP contribution in [0, 0.1) is 6.92 Å². The Kier molecular flexibility index (Phi) is 5.64. The van der Waals surface area contributed by atoms with Crippen LogP contribution in [0.1, 0.15) is 21.5 Å². The van der Waals surface area contributed by atoms with Crippen LogP contribution in [0.4, 0.5) is 0 Å². The number of carbonyl (C=O) groups is 2. The minimum absolute atomic E-state index is 0.278. The molecule has 0 aromatic heterocycles. The highest BCUT2D eigenvalue weighted by molar-refractivity contribution is 5.96. The Balaban J connectivity index is 1.47. The third-order valence-corrected chi connectivity index (χ3v) is 4.30. The van der Waals surface area contributed by atoms with Gasteiger partial charge in [-0.25, -0.2) is 4.79 Å². The summed E-state index contributed by atoms with van der Waals surface area (Å²) in [4.78, 5) is 24.0. The van der Waals surface area contributed by atoms with Crippen LogP contribution in [-0.2, 0) is 16.0 Å². The van der Waals surface area contributed by atoms with Crippen LogP contribution in [-0.4, -0.2) is 25.0 Å². The molecule has 3 aromatic rings. The second-order valence-corrected chi connectivity index (χ2v) is 6.16. The zero-order chi connectivity index (χ0) is 18.4. The van der Waals surface area contributed by atoms with Crippen molar-refractivity contribution in [3.63, 3.8) is 0 Å². The Morgan fingerprint density at radius 3 is 2.46 bits per heavy atom.